The van der Waals surface area contributed by atoms with Gasteiger partial charge in [-0.2, -0.15) is 0 Å². The highest BCUT2D eigenvalue weighted by Crippen LogP contribution is 2.40. The summed E-state index contributed by atoms with van der Waals surface area (Å²) in [4.78, 5) is 24.9. The Labute approximate surface area is 141 Å². The summed E-state index contributed by atoms with van der Waals surface area (Å²) in [6.07, 6.45) is 3.70. The fraction of sp³-hybridized carbons (Fsp3) is 0.300. The van der Waals surface area contributed by atoms with E-state index in [1.807, 2.05) is 37.3 Å². The number of aryl methyl sites for hydroxylation is 1. The number of benzene rings is 1. The summed E-state index contributed by atoms with van der Waals surface area (Å²) in [7, 11) is 0. The Morgan fingerprint density at radius 3 is 2.62 bits per heavy atom. The van der Waals surface area contributed by atoms with Crippen molar-refractivity contribution in [3.05, 3.63) is 65.6 Å². The third kappa shape index (κ3) is 3.18. The number of furan rings is 1. The van der Waals surface area contributed by atoms with E-state index in [1.54, 1.807) is 25.3 Å². The lowest BCUT2D eigenvalue weighted by Crippen LogP contribution is -2.33. The maximum Gasteiger partial charge on any atom is 0.317 e. The summed E-state index contributed by atoms with van der Waals surface area (Å²) in [5.74, 6) is -1.25. The molecule has 2 aromatic rings. The van der Waals surface area contributed by atoms with Crippen LogP contribution in [0.25, 0.3) is 5.57 Å². The summed E-state index contributed by atoms with van der Waals surface area (Å²) >= 11 is 0. The van der Waals surface area contributed by atoms with Crippen molar-refractivity contribution in [2.75, 3.05) is 6.61 Å². The van der Waals surface area contributed by atoms with Gasteiger partial charge in [0.25, 0.3) is 0 Å². The highest BCUT2D eigenvalue weighted by molar-refractivity contribution is 6.10. The molecule has 4 heteroatoms. The van der Waals surface area contributed by atoms with Crippen LogP contribution >= 0.6 is 0 Å². The van der Waals surface area contributed by atoms with Gasteiger partial charge in [-0.1, -0.05) is 29.8 Å². The highest BCUT2D eigenvalue weighted by Gasteiger charge is 2.41. The van der Waals surface area contributed by atoms with E-state index in [2.05, 4.69) is 0 Å². The van der Waals surface area contributed by atoms with Crippen LogP contribution in [0.1, 0.15) is 36.1 Å². The Kier molecular flexibility index (Phi) is 4.65. The molecule has 124 valence electrons. The number of esters is 1. The Morgan fingerprint density at radius 2 is 2.00 bits per heavy atom. The minimum atomic E-state index is -0.842. The average molecular weight is 324 g/mol. The van der Waals surface area contributed by atoms with Crippen molar-refractivity contribution in [2.24, 2.45) is 5.92 Å². The van der Waals surface area contributed by atoms with E-state index in [9.17, 15) is 9.59 Å². The van der Waals surface area contributed by atoms with Gasteiger partial charge in [0.2, 0.25) is 0 Å². The second-order valence-electron chi connectivity index (χ2n) is 5.99. The molecule has 0 unspecified atom stereocenters. The predicted molar refractivity (Wildman–Crippen MR) is 90.4 cm³/mol. The molecular formula is C20H20O4. The van der Waals surface area contributed by atoms with Gasteiger partial charge < -0.3 is 9.15 Å². The van der Waals surface area contributed by atoms with E-state index in [-0.39, 0.29) is 18.3 Å². The third-order valence-electron chi connectivity index (χ3n) is 4.34. The van der Waals surface area contributed by atoms with Crippen LogP contribution in [0.2, 0.25) is 0 Å². The van der Waals surface area contributed by atoms with E-state index >= 15 is 0 Å². The molecule has 1 heterocycles. The molecule has 0 amide bonds. The first kappa shape index (κ1) is 16.2. The molecule has 3 rings (SSSR count). The summed E-state index contributed by atoms with van der Waals surface area (Å²) in [5, 5.41) is 0. The van der Waals surface area contributed by atoms with Crippen LogP contribution in [0, 0.1) is 12.8 Å². The number of hydrogen-bond acceptors (Lipinski definition) is 4. The first-order valence-electron chi connectivity index (χ1n) is 8.11. The van der Waals surface area contributed by atoms with Gasteiger partial charge in [0.1, 0.15) is 11.7 Å². The molecule has 1 aromatic carbocycles. The van der Waals surface area contributed by atoms with Crippen LogP contribution in [0.15, 0.2) is 53.2 Å². The molecule has 0 N–H and O–H groups in total. The van der Waals surface area contributed by atoms with Gasteiger partial charge >= 0.3 is 5.97 Å². The Bertz CT molecular complexity index is 753. The average Bonchev–Trinajstić information content (AvgIpc) is 3.09. The van der Waals surface area contributed by atoms with Crippen LogP contribution in [0.3, 0.4) is 0 Å². The van der Waals surface area contributed by atoms with Crippen molar-refractivity contribution in [3.8, 4) is 0 Å². The molecule has 0 fully saturated rings. The molecule has 4 nitrogen and oxygen atoms in total. The summed E-state index contributed by atoms with van der Waals surface area (Å²) in [5.41, 5.74) is 3.07. The van der Waals surface area contributed by atoms with Crippen LogP contribution in [0.5, 0.6) is 0 Å². The molecule has 24 heavy (non-hydrogen) atoms. The standard InChI is InChI=1S/C20H20O4/c1-3-23-20(22)19-16(18-5-4-10-24-18)11-15(12-17(19)21)14-8-6-13(2)7-9-14/h4-10,12,16,19H,3,11H2,1-2H3/t16-,19-/m1/s1. The largest absolute Gasteiger partial charge is 0.469 e. The minimum Gasteiger partial charge on any atom is -0.469 e. The van der Waals surface area contributed by atoms with Crippen LogP contribution < -0.4 is 0 Å². The molecule has 0 spiro atoms. The topological polar surface area (TPSA) is 56.5 Å². The number of rotatable bonds is 4. The second kappa shape index (κ2) is 6.87. The summed E-state index contributed by atoms with van der Waals surface area (Å²) < 4.78 is 10.6. The van der Waals surface area contributed by atoms with Gasteiger partial charge in [-0.25, -0.2) is 0 Å². The lowest BCUT2D eigenvalue weighted by molar-refractivity contribution is -0.151. The molecule has 0 bridgehead atoms. The Hall–Kier alpha value is -2.62. The maximum atomic E-state index is 12.6. The lowest BCUT2D eigenvalue weighted by atomic mass is 9.75. The van der Waals surface area contributed by atoms with E-state index < -0.39 is 11.9 Å². The molecule has 0 saturated heterocycles. The van der Waals surface area contributed by atoms with Gasteiger partial charge in [-0.05, 0) is 49.6 Å². The predicted octanol–water partition coefficient (Wildman–Crippen LogP) is 3.91. The molecule has 1 aromatic heterocycles. The Morgan fingerprint density at radius 1 is 1.25 bits per heavy atom. The number of hydrogen-bond donors (Lipinski definition) is 0. The smallest absolute Gasteiger partial charge is 0.317 e. The van der Waals surface area contributed by atoms with Crippen molar-refractivity contribution in [3.63, 3.8) is 0 Å². The minimum absolute atomic E-state index is 0.225. The number of ketones is 1. The second-order valence-corrected chi connectivity index (χ2v) is 5.99. The van der Waals surface area contributed by atoms with Crippen molar-refractivity contribution >= 4 is 17.3 Å². The first-order valence-corrected chi connectivity index (χ1v) is 8.11. The summed E-state index contributed by atoms with van der Waals surface area (Å²) in [6.45, 7) is 4.01. The van der Waals surface area contributed by atoms with Gasteiger partial charge in [-0.3, -0.25) is 9.59 Å². The zero-order valence-electron chi connectivity index (χ0n) is 13.8. The lowest BCUT2D eigenvalue weighted by Gasteiger charge is -2.27. The molecule has 1 aliphatic carbocycles. The number of carbonyl (C=O) groups is 2. The fourth-order valence-electron chi connectivity index (χ4n) is 3.12. The third-order valence-corrected chi connectivity index (χ3v) is 4.34. The Balaban J connectivity index is 1.98. The zero-order valence-corrected chi connectivity index (χ0v) is 13.8. The van der Waals surface area contributed by atoms with E-state index in [1.165, 1.54) is 0 Å². The quantitative estimate of drug-likeness (QED) is 0.632. The maximum absolute atomic E-state index is 12.6. The van der Waals surface area contributed by atoms with E-state index in [4.69, 9.17) is 9.15 Å². The van der Waals surface area contributed by atoms with Gasteiger partial charge in [0, 0.05) is 5.92 Å². The molecule has 2 atom stereocenters. The molecule has 0 radical (unpaired) electrons. The van der Waals surface area contributed by atoms with Crippen LogP contribution in [-0.2, 0) is 14.3 Å². The highest BCUT2D eigenvalue weighted by atomic mass is 16.5. The van der Waals surface area contributed by atoms with Gasteiger partial charge in [0.15, 0.2) is 5.78 Å². The number of carbonyl (C=O) groups excluding carboxylic acids is 2. The number of ether oxygens (including phenoxy) is 1. The molecular weight excluding hydrogens is 304 g/mol. The van der Waals surface area contributed by atoms with Gasteiger partial charge in [0.05, 0.1) is 12.9 Å². The molecule has 0 saturated carbocycles. The van der Waals surface area contributed by atoms with Gasteiger partial charge in [-0.15, -0.1) is 0 Å². The van der Waals surface area contributed by atoms with Crippen molar-refractivity contribution < 1.29 is 18.7 Å². The van der Waals surface area contributed by atoms with E-state index in [0.717, 1.165) is 16.7 Å². The number of allylic oxidation sites excluding steroid dienone is 2. The van der Waals surface area contributed by atoms with E-state index in [0.29, 0.717) is 12.2 Å². The first-order chi connectivity index (χ1) is 11.6. The summed E-state index contributed by atoms with van der Waals surface area (Å²) in [6, 6.07) is 11.6. The van der Waals surface area contributed by atoms with Crippen LogP contribution in [-0.4, -0.2) is 18.4 Å². The SMILES string of the molecule is CCOC(=O)[C@H]1C(=O)C=C(c2ccc(C)cc2)C[C@@H]1c1ccco1. The molecule has 1 aliphatic rings. The van der Waals surface area contributed by atoms with Crippen molar-refractivity contribution in [1.29, 1.82) is 0 Å². The van der Waals surface area contributed by atoms with Crippen molar-refractivity contribution in [1.82, 2.24) is 0 Å². The fourth-order valence-corrected chi connectivity index (χ4v) is 3.12. The van der Waals surface area contributed by atoms with Crippen LogP contribution in [0.4, 0.5) is 0 Å². The molecule has 0 aliphatic heterocycles. The normalized spacial score (nSPS) is 20.6. The zero-order chi connectivity index (χ0) is 17.1. The van der Waals surface area contributed by atoms with Crippen molar-refractivity contribution in [2.45, 2.75) is 26.2 Å². The monoisotopic (exact) mass is 324 g/mol.